The molecular formula is C15H13Cl2N3. The molecule has 2 aromatic heterocycles. The summed E-state index contributed by atoms with van der Waals surface area (Å²) in [6, 6.07) is 11.5. The molecule has 0 aliphatic rings. The first-order valence-corrected chi connectivity index (χ1v) is 7.17. The number of hydrogen-bond donors (Lipinski definition) is 0. The summed E-state index contributed by atoms with van der Waals surface area (Å²) >= 11 is 12.6. The average Bonchev–Trinajstić information content (AvgIpc) is 2.80. The predicted octanol–water partition coefficient (Wildman–Crippen LogP) is 4.43. The van der Waals surface area contributed by atoms with E-state index in [1.165, 1.54) is 0 Å². The van der Waals surface area contributed by atoms with Crippen molar-refractivity contribution in [2.45, 2.75) is 18.8 Å². The van der Waals surface area contributed by atoms with E-state index in [-0.39, 0.29) is 5.38 Å². The van der Waals surface area contributed by atoms with Gasteiger partial charge < -0.3 is 4.57 Å². The first-order chi connectivity index (χ1) is 9.66. The van der Waals surface area contributed by atoms with Crippen LogP contribution in [0.25, 0.3) is 11.0 Å². The van der Waals surface area contributed by atoms with E-state index < -0.39 is 0 Å². The minimum atomic E-state index is -0.192. The van der Waals surface area contributed by atoms with E-state index in [1.54, 1.807) is 6.20 Å². The molecule has 0 N–H and O–H groups in total. The zero-order chi connectivity index (χ0) is 14.1. The number of halogens is 2. The maximum absolute atomic E-state index is 6.32. The molecular weight excluding hydrogens is 293 g/mol. The third-order valence-electron chi connectivity index (χ3n) is 3.15. The van der Waals surface area contributed by atoms with E-state index in [0.29, 0.717) is 11.6 Å². The van der Waals surface area contributed by atoms with Gasteiger partial charge in [-0.15, -0.1) is 11.6 Å². The number of benzene rings is 1. The van der Waals surface area contributed by atoms with Crippen molar-refractivity contribution in [3.63, 3.8) is 0 Å². The lowest BCUT2D eigenvalue weighted by Crippen LogP contribution is -2.07. The van der Waals surface area contributed by atoms with Crippen LogP contribution in [0.15, 0.2) is 42.6 Å². The van der Waals surface area contributed by atoms with Crippen LogP contribution in [0.3, 0.4) is 0 Å². The summed E-state index contributed by atoms with van der Waals surface area (Å²) in [6.07, 6.45) is 1.78. The fourth-order valence-corrected chi connectivity index (χ4v) is 2.72. The number of aromatic nitrogens is 3. The summed E-state index contributed by atoms with van der Waals surface area (Å²) in [5, 5.41) is 0.483. The molecule has 2 heterocycles. The number of fused-ring (bicyclic) bond motifs is 1. The number of alkyl halides is 1. The second-order valence-corrected chi connectivity index (χ2v) is 5.66. The Bertz CT molecular complexity index is 735. The van der Waals surface area contributed by atoms with E-state index in [4.69, 9.17) is 23.2 Å². The summed E-state index contributed by atoms with van der Waals surface area (Å²) in [5.74, 6) is 0.806. The molecule has 0 fully saturated rings. The third kappa shape index (κ3) is 2.39. The first kappa shape index (κ1) is 13.4. The SMILES string of the molecule is CC(Cl)c1nc2cccc(Cl)c2n1Cc1ccccn1. The van der Waals surface area contributed by atoms with Gasteiger partial charge in [0.05, 0.1) is 33.7 Å². The van der Waals surface area contributed by atoms with Crippen LogP contribution in [0, 0.1) is 0 Å². The van der Waals surface area contributed by atoms with Crippen LogP contribution in [-0.4, -0.2) is 14.5 Å². The summed E-state index contributed by atoms with van der Waals surface area (Å²) in [7, 11) is 0. The van der Waals surface area contributed by atoms with E-state index in [0.717, 1.165) is 22.6 Å². The van der Waals surface area contributed by atoms with Gasteiger partial charge in [-0.1, -0.05) is 23.7 Å². The molecule has 0 saturated heterocycles. The van der Waals surface area contributed by atoms with Crippen molar-refractivity contribution in [2.75, 3.05) is 0 Å². The normalized spacial score (nSPS) is 12.8. The van der Waals surface area contributed by atoms with Crippen molar-refractivity contribution in [1.82, 2.24) is 14.5 Å². The molecule has 20 heavy (non-hydrogen) atoms. The quantitative estimate of drug-likeness (QED) is 0.670. The summed E-state index contributed by atoms with van der Waals surface area (Å²) < 4.78 is 2.04. The van der Waals surface area contributed by atoms with Gasteiger partial charge in [-0.05, 0) is 31.2 Å². The number of nitrogens with zero attached hydrogens (tertiary/aromatic N) is 3. The maximum Gasteiger partial charge on any atom is 0.128 e. The lowest BCUT2D eigenvalue weighted by molar-refractivity contribution is 0.727. The zero-order valence-electron chi connectivity index (χ0n) is 10.9. The van der Waals surface area contributed by atoms with Crippen LogP contribution in [0.2, 0.25) is 5.02 Å². The van der Waals surface area contributed by atoms with Crippen molar-refractivity contribution in [2.24, 2.45) is 0 Å². The Kier molecular flexibility index (Phi) is 3.64. The van der Waals surface area contributed by atoms with E-state index in [1.807, 2.05) is 47.9 Å². The minimum Gasteiger partial charge on any atom is -0.319 e. The summed E-state index contributed by atoms with van der Waals surface area (Å²) in [5.41, 5.74) is 2.71. The number of rotatable bonds is 3. The maximum atomic E-state index is 6.32. The Morgan fingerprint density at radius 2 is 2.05 bits per heavy atom. The fraction of sp³-hybridized carbons (Fsp3) is 0.200. The second-order valence-electron chi connectivity index (χ2n) is 4.60. The molecule has 0 aliphatic heterocycles. The summed E-state index contributed by atoms with van der Waals surface area (Å²) in [6.45, 7) is 2.51. The Morgan fingerprint density at radius 3 is 2.75 bits per heavy atom. The number of imidazole rings is 1. The van der Waals surface area contributed by atoms with E-state index in [9.17, 15) is 0 Å². The van der Waals surface area contributed by atoms with Crippen LogP contribution in [0.5, 0.6) is 0 Å². The van der Waals surface area contributed by atoms with Crippen molar-refractivity contribution >= 4 is 34.2 Å². The molecule has 102 valence electrons. The molecule has 1 unspecified atom stereocenters. The van der Waals surface area contributed by atoms with Gasteiger partial charge in [0.1, 0.15) is 5.82 Å². The largest absolute Gasteiger partial charge is 0.319 e. The molecule has 3 aromatic rings. The van der Waals surface area contributed by atoms with Gasteiger partial charge in [0.25, 0.3) is 0 Å². The summed E-state index contributed by atoms with van der Waals surface area (Å²) in [4.78, 5) is 8.94. The first-order valence-electron chi connectivity index (χ1n) is 6.35. The highest BCUT2D eigenvalue weighted by molar-refractivity contribution is 6.35. The lowest BCUT2D eigenvalue weighted by atomic mass is 10.3. The molecule has 5 heteroatoms. The molecule has 1 aromatic carbocycles. The molecule has 3 rings (SSSR count). The topological polar surface area (TPSA) is 30.7 Å². The Hall–Kier alpha value is -1.58. The monoisotopic (exact) mass is 305 g/mol. The van der Waals surface area contributed by atoms with Crippen molar-refractivity contribution in [1.29, 1.82) is 0 Å². The Balaban J connectivity index is 2.19. The van der Waals surface area contributed by atoms with Gasteiger partial charge in [-0.3, -0.25) is 4.98 Å². The highest BCUT2D eigenvalue weighted by Crippen LogP contribution is 2.29. The number of hydrogen-bond acceptors (Lipinski definition) is 2. The molecule has 0 saturated carbocycles. The van der Waals surface area contributed by atoms with Gasteiger partial charge in [0.2, 0.25) is 0 Å². The van der Waals surface area contributed by atoms with Gasteiger partial charge >= 0.3 is 0 Å². The minimum absolute atomic E-state index is 0.192. The van der Waals surface area contributed by atoms with Crippen LogP contribution in [0.4, 0.5) is 0 Å². The van der Waals surface area contributed by atoms with Crippen LogP contribution in [0.1, 0.15) is 23.8 Å². The van der Waals surface area contributed by atoms with Gasteiger partial charge in [-0.2, -0.15) is 0 Å². The van der Waals surface area contributed by atoms with Crippen molar-refractivity contribution in [3.05, 3.63) is 59.1 Å². The second kappa shape index (κ2) is 5.43. The Labute approximate surface area is 127 Å². The molecule has 3 nitrogen and oxygen atoms in total. The number of para-hydroxylation sites is 1. The molecule has 0 radical (unpaired) electrons. The van der Waals surface area contributed by atoms with Crippen LogP contribution >= 0.6 is 23.2 Å². The molecule has 0 bridgehead atoms. The van der Waals surface area contributed by atoms with E-state index in [2.05, 4.69) is 9.97 Å². The van der Waals surface area contributed by atoms with E-state index >= 15 is 0 Å². The van der Waals surface area contributed by atoms with Crippen LogP contribution < -0.4 is 0 Å². The number of pyridine rings is 1. The van der Waals surface area contributed by atoms with Crippen molar-refractivity contribution < 1.29 is 0 Å². The average molecular weight is 306 g/mol. The zero-order valence-corrected chi connectivity index (χ0v) is 12.4. The fourth-order valence-electron chi connectivity index (χ4n) is 2.28. The highest BCUT2D eigenvalue weighted by atomic mass is 35.5. The van der Waals surface area contributed by atoms with Gasteiger partial charge in [-0.25, -0.2) is 4.98 Å². The predicted molar refractivity (Wildman–Crippen MR) is 82.4 cm³/mol. The standard InChI is InChI=1S/C15H13Cl2N3/c1-10(16)15-19-13-7-4-6-12(17)14(13)20(15)9-11-5-2-3-8-18-11/h2-8,10H,9H2,1H3. The van der Waals surface area contributed by atoms with Crippen LogP contribution in [-0.2, 0) is 6.54 Å². The molecule has 0 spiro atoms. The van der Waals surface area contributed by atoms with Gasteiger partial charge in [0, 0.05) is 6.20 Å². The van der Waals surface area contributed by atoms with Gasteiger partial charge in [0.15, 0.2) is 0 Å². The molecule has 0 amide bonds. The Morgan fingerprint density at radius 1 is 1.20 bits per heavy atom. The highest BCUT2D eigenvalue weighted by Gasteiger charge is 2.17. The lowest BCUT2D eigenvalue weighted by Gasteiger charge is -2.10. The smallest absolute Gasteiger partial charge is 0.128 e. The van der Waals surface area contributed by atoms with Crippen molar-refractivity contribution in [3.8, 4) is 0 Å². The molecule has 0 aliphatic carbocycles. The third-order valence-corrected chi connectivity index (χ3v) is 3.65. The molecule has 1 atom stereocenters.